The van der Waals surface area contributed by atoms with Gasteiger partial charge < -0.3 is 5.32 Å². The van der Waals surface area contributed by atoms with E-state index in [1.807, 2.05) is 0 Å². The van der Waals surface area contributed by atoms with Crippen LogP contribution < -0.4 is 5.32 Å². The van der Waals surface area contributed by atoms with E-state index in [2.05, 4.69) is 34.6 Å². The minimum Gasteiger partial charge on any atom is -0.369 e. The highest BCUT2D eigenvalue weighted by molar-refractivity contribution is 7.89. The SMILES string of the molecule is CN(C)S(=O)(=O)c1ccc(NCC2Cc3ccccc32)nc1. The number of fused-ring (bicyclic) bond motifs is 1. The van der Waals surface area contributed by atoms with Crippen LogP contribution in [0.4, 0.5) is 5.82 Å². The van der Waals surface area contributed by atoms with E-state index >= 15 is 0 Å². The van der Waals surface area contributed by atoms with Gasteiger partial charge in [-0.05, 0) is 29.7 Å². The molecule has 6 heteroatoms. The summed E-state index contributed by atoms with van der Waals surface area (Å²) in [4.78, 5) is 4.40. The van der Waals surface area contributed by atoms with Crippen LogP contribution in [0.1, 0.15) is 17.0 Å². The predicted octanol–water partition coefficient (Wildman–Crippen LogP) is 2.08. The highest BCUT2D eigenvalue weighted by Gasteiger charge is 2.25. The Labute approximate surface area is 131 Å². The molecule has 0 fully saturated rings. The maximum absolute atomic E-state index is 12.0. The number of hydrogen-bond donors (Lipinski definition) is 1. The molecule has 1 aliphatic rings. The number of nitrogens with one attached hydrogen (secondary N) is 1. The van der Waals surface area contributed by atoms with E-state index in [1.165, 1.54) is 35.7 Å². The van der Waals surface area contributed by atoms with Gasteiger partial charge in [0, 0.05) is 32.8 Å². The lowest BCUT2D eigenvalue weighted by Crippen LogP contribution is -2.24. The first kappa shape index (κ1) is 15.0. The third-order valence-corrected chi connectivity index (χ3v) is 5.80. The summed E-state index contributed by atoms with van der Waals surface area (Å²) in [7, 11) is -0.396. The van der Waals surface area contributed by atoms with Crippen LogP contribution in [0.15, 0.2) is 47.5 Å². The van der Waals surface area contributed by atoms with E-state index in [1.54, 1.807) is 12.1 Å². The molecule has 0 amide bonds. The number of benzene rings is 1. The first-order valence-electron chi connectivity index (χ1n) is 7.19. The van der Waals surface area contributed by atoms with E-state index in [0.717, 1.165) is 13.0 Å². The van der Waals surface area contributed by atoms with Gasteiger partial charge in [-0.1, -0.05) is 24.3 Å². The summed E-state index contributed by atoms with van der Waals surface area (Å²) in [6.07, 6.45) is 2.47. The molecule has 22 heavy (non-hydrogen) atoms. The van der Waals surface area contributed by atoms with E-state index < -0.39 is 10.0 Å². The summed E-state index contributed by atoms with van der Waals surface area (Å²) < 4.78 is 25.1. The van der Waals surface area contributed by atoms with Crippen molar-refractivity contribution >= 4 is 15.8 Å². The highest BCUT2D eigenvalue weighted by Crippen LogP contribution is 2.34. The zero-order valence-corrected chi connectivity index (χ0v) is 13.5. The molecule has 0 radical (unpaired) electrons. The molecule has 1 aliphatic carbocycles. The maximum atomic E-state index is 12.0. The summed E-state index contributed by atoms with van der Waals surface area (Å²) in [5.41, 5.74) is 2.80. The van der Waals surface area contributed by atoms with Crippen molar-refractivity contribution < 1.29 is 8.42 Å². The summed E-state index contributed by atoms with van der Waals surface area (Å²) in [5.74, 6) is 1.20. The second-order valence-corrected chi connectivity index (χ2v) is 7.80. The molecule has 0 aliphatic heterocycles. The van der Waals surface area contributed by atoms with Crippen LogP contribution >= 0.6 is 0 Å². The number of sulfonamides is 1. The molecule has 0 saturated heterocycles. The smallest absolute Gasteiger partial charge is 0.244 e. The molecule has 0 bridgehead atoms. The van der Waals surface area contributed by atoms with E-state index in [0.29, 0.717) is 11.7 Å². The molecular formula is C16H19N3O2S. The normalized spacial score (nSPS) is 17.0. The zero-order chi connectivity index (χ0) is 15.7. The van der Waals surface area contributed by atoms with Crippen molar-refractivity contribution in [3.8, 4) is 0 Å². The Kier molecular flexibility index (Phi) is 3.88. The van der Waals surface area contributed by atoms with Gasteiger partial charge in [0.25, 0.3) is 0 Å². The lowest BCUT2D eigenvalue weighted by atomic mass is 9.77. The van der Waals surface area contributed by atoms with Crippen molar-refractivity contribution in [3.05, 3.63) is 53.7 Å². The summed E-state index contributed by atoms with van der Waals surface area (Å²) >= 11 is 0. The van der Waals surface area contributed by atoms with Gasteiger partial charge in [0.15, 0.2) is 0 Å². The molecule has 2 aromatic rings. The van der Waals surface area contributed by atoms with Crippen LogP contribution in [-0.2, 0) is 16.4 Å². The fraction of sp³-hybridized carbons (Fsp3) is 0.312. The summed E-state index contributed by atoms with van der Waals surface area (Å²) in [6, 6.07) is 11.7. The topological polar surface area (TPSA) is 62.3 Å². The fourth-order valence-electron chi connectivity index (χ4n) is 2.62. The van der Waals surface area contributed by atoms with Crippen molar-refractivity contribution in [2.24, 2.45) is 0 Å². The second kappa shape index (κ2) is 5.70. The molecule has 1 aromatic carbocycles. The minimum absolute atomic E-state index is 0.206. The maximum Gasteiger partial charge on any atom is 0.244 e. The number of anilines is 1. The molecule has 1 heterocycles. The van der Waals surface area contributed by atoms with E-state index in [9.17, 15) is 8.42 Å². The van der Waals surface area contributed by atoms with Crippen LogP contribution in [0.3, 0.4) is 0 Å². The molecule has 5 nitrogen and oxygen atoms in total. The fourth-order valence-corrected chi connectivity index (χ4v) is 3.47. The molecule has 116 valence electrons. The van der Waals surface area contributed by atoms with Crippen LogP contribution in [0.5, 0.6) is 0 Å². The highest BCUT2D eigenvalue weighted by atomic mass is 32.2. The van der Waals surface area contributed by atoms with Crippen LogP contribution in [0.25, 0.3) is 0 Å². The van der Waals surface area contributed by atoms with Crippen molar-refractivity contribution in [1.82, 2.24) is 9.29 Å². The van der Waals surface area contributed by atoms with Crippen LogP contribution in [0, 0.1) is 0 Å². The standard InChI is InChI=1S/C16H19N3O2S/c1-19(2)22(20,21)14-7-8-16(18-11-14)17-10-13-9-12-5-3-4-6-15(12)13/h3-8,11,13H,9-10H2,1-2H3,(H,17,18). The summed E-state index contributed by atoms with van der Waals surface area (Å²) in [6.45, 7) is 0.809. The molecule has 3 rings (SSSR count). The van der Waals surface area contributed by atoms with Gasteiger partial charge >= 0.3 is 0 Å². The van der Waals surface area contributed by atoms with Crippen molar-refractivity contribution in [3.63, 3.8) is 0 Å². The molecule has 0 spiro atoms. The first-order chi connectivity index (χ1) is 10.5. The van der Waals surface area contributed by atoms with Gasteiger partial charge in [-0.3, -0.25) is 0 Å². The third-order valence-electron chi connectivity index (χ3n) is 4.01. The monoisotopic (exact) mass is 317 g/mol. The van der Waals surface area contributed by atoms with Crippen LogP contribution in [-0.4, -0.2) is 38.3 Å². The number of nitrogens with zero attached hydrogens (tertiary/aromatic N) is 2. The zero-order valence-electron chi connectivity index (χ0n) is 12.7. The number of rotatable bonds is 5. The number of aromatic nitrogens is 1. The molecule has 0 saturated carbocycles. The Balaban J connectivity index is 1.64. The Morgan fingerprint density at radius 2 is 2.00 bits per heavy atom. The lowest BCUT2D eigenvalue weighted by Gasteiger charge is -2.30. The average Bonchev–Trinajstić information content (AvgIpc) is 2.48. The van der Waals surface area contributed by atoms with Gasteiger partial charge in [-0.15, -0.1) is 0 Å². The van der Waals surface area contributed by atoms with Crippen LogP contribution in [0.2, 0.25) is 0 Å². The van der Waals surface area contributed by atoms with E-state index in [4.69, 9.17) is 0 Å². The number of pyridine rings is 1. The first-order valence-corrected chi connectivity index (χ1v) is 8.63. The molecule has 1 N–H and O–H groups in total. The Bertz CT molecular complexity index is 770. The average molecular weight is 317 g/mol. The molecule has 1 atom stereocenters. The van der Waals surface area contributed by atoms with Gasteiger partial charge in [-0.2, -0.15) is 0 Å². The van der Waals surface area contributed by atoms with E-state index in [-0.39, 0.29) is 4.90 Å². The predicted molar refractivity (Wildman–Crippen MR) is 86.5 cm³/mol. The molecular weight excluding hydrogens is 298 g/mol. The molecule has 1 unspecified atom stereocenters. The van der Waals surface area contributed by atoms with Crippen molar-refractivity contribution in [2.45, 2.75) is 17.2 Å². The minimum atomic E-state index is -3.42. The Hall–Kier alpha value is -1.92. The molecule has 1 aromatic heterocycles. The van der Waals surface area contributed by atoms with Crippen molar-refractivity contribution in [2.75, 3.05) is 26.0 Å². The second-order valence-electron chi connectivity index (χ2n) is 5.65. The largest absolute Gasteiger partial charge is 0.369 e. The van der Waals surface area contributed by atoms with Gasteiger partial charge in [0.05, 0.1) is 0 Å². The third kappa shape index (κ3) is 2.71. The number of hydrogen-bond acceptors (Lipinski definition) is 4. The quantitative estimate of drug-likeness (QED) is 0.917. The lowest BCUT2D eigenvalue weighted by molar-refractivity contribution is 0.520. The van der Waals surface area contributed by atoms with Gasteiger partial charge in [-0.25, -0.2) is 17.7 Å². The summed E-state index contributed by atoms with van der Waals surface area (Å²) in [5, 5.41) is 3.28. The Morgan fingerprint density at radius 1 is 1.23 bits per heavy atom. The van der Waals surface area contributed by atoms with Gasteiger partial charge in [0.2, 0.25) is 10.0 Å². The Morgan fingerprint density at radius 3 is 2.64 bits per heavy atom. The van der Waals surface area contributed by atoms with Crippen molar-refractivity contribution in [1.29, 1.82) is 0 Å². The van der Waals surface area contributed by atoms with Gasteiger partial charge in [0.1, 0.15) is 10.7 Å².